The van der Waals surface area contributed by atoms with Crippen LogP contribution in [0, 0.1) is 0 Å². The number of carboxylic acids is 1. The van der Waals surface area contributed by atoms with E-state index in [4.69, 9.17) is 0 Å². The van der Waals surface area contributed by atoms with Gasteiger partial charge in [-0.3, -0.25) is 14.3 Å². The van der Waals surface area contributed by atoms with Crippen molar-refractivity contribution in [1.82, 2.24) is 9.78 Å². The van der Waals surface area contributed by atoms with Gasteiger partial charge in [0.05, 0.1) is 24.2 Å². The molecule has 2 N–H and O–H groups in total. The molecule has 174 valence electrons. The van der Waals surface area contributed by atoms with E-state index in [1.165, 1.54) is 0 Å². The zero-order chi connectivity index (χ0) is 24.2. The summed E-state index contributed by atoms with van der Waals surface area (Å²) in [6, 6.07) is 19.3. The Morgan fingerprint density at radius 1 is 1.00 bits per heavy atom. The molecule has 4 aromatic rings. The summed E-state index contributed by atoms with van der Waals surface area (Å²) in [5, 5.41) is 19.0. The summed E-state index contributed by atoms with van der Waals surface area (Å²) in [5.74, 6) is -1.03. The zero-order valence-electron chi connectivity index (χ0n) is 19.1. The number of nitrogens with zero attached hydrogens (tertiary/aromatic N) is 2. The van der Waals surface area contributed by atoms with Crippen molar-refractivity contribution in [2.75, 3.05) is 5.32 Å². The van der Waals surface area contributed by atoms with Gasteiger partial charge >= 0.3 is 5.97 Å². The van der Waals surface area contributed by atoms with Crippen LogP contribution in [0.4, 0.5) is 5.69 Å². The highest BCUT2D eigenvalue weighted by atomic mass is 79.9. The van der Waals surface area contributed by atoms with E-state index in [0.29, 0.717) is 30.6 Å². The van der Waals surface area contributed by atoms with Crippen molar-refractivity contribution in [3.8, 4) is 0 Å². The lowest BCUT2D eigenvalue weighted by Crippen LogP contribution is -2.13. The summed E-state index contributed by atoms with van der Waals surface area (Å²) < 4.78 is 2.67. The minimum atomic E-state index is -0.845. The second-order valence-corrected chi connectivity index (χ2v) is 8.90. The van der Waals surface area contributed by atoms with Crippen molar-refractivity contribution in [1.29, 1.82) is 0 Å². The average Bonchev–Trinajstić information content (AvgIpc) is 3.15. The molecule has 1 aromatic heterocycles. The summed E-state index contributed by atoms with van der Waals surface area (Å²) in [4.78, 5) is 24.2. The van der Waals surface area contributed by atoms with Crippen LogP contribution < -0.4 is 5.32 Å². The zero-order valence-corrected chi connectivity index (χ0v) is 20.7. The number of rotatable bonds is 8. The minimum absolute atomic E-state index is 0.0123. The predicted octanol–water partition coefficient (Wildman–Crippen LogP) is 5.85. The molecule has 0 fully saturated rings. The van der Waals surface area contributed by atoms with Crippen molar-refractivity contribution in [2.24, 2.45) is 0 Å². The molecule has 0 aliphatic rings. The smallest absolute Gasteiger partial charge is 0.307 e. The number of carbonyl (C=O) groups excluding carboxylic acids is 1. The summed E-state index contributed by atoms with van der Waals surface area (Å²) in [6.07, 6.45) is 1.39. The molecule has 0 saturated heterocycles. The van der Waals surface area contributed by atoms with Crippen LogP contribution in [0.25, 0.3) is 10.8 Å². The van der Waals surface area contributed by atoms with E-state index >= 15 is 0 Å². The number of fused-ring (bicyclic) bond motifs is 1. The average molecular weight is 520 g/mol. The normalized spacial score (nSPS) is 11.0. The van der Waals surface area contributed by atoms with Crippen molar-refractivity contribution < 1.29 is 14.7 Å². The molecular weight excluding hydrogens is 494 g/mol. The fraction of sp³-hybridized carbons (Fsp3) is 0.222. The summed E-state index contributed by atoms with van der Waals surface area (Å²) in [7, 11) is 0. The van der Waals surface area contributed by atoms with Crippen molar-refractivity contribution >= 4 is 44.3 Å². The molecule has 34 heavy (non-hydrogen) atoms. The Morgan fingerprint density at radius 3 is 2.41 bits per heavy atom. The number of halogens is 1. The molecule has 4 rings (SSSR count). The number of carbonyl (C=O) groups is 2. The number of benzene rings is 3. The number of nitrogens with one attached hydrogen (secondary N) is 1. The Morgan fingerprint density at radius 2 is 1.74 bits per heavy atom. The number of anilines is 1. The number of aromatic nitrogens is 2. The first-order chi connectivity index (χ1) is 16.4. The van der Waals surface area contributed by atoms with Gasteiger partial charge < -0.3 is 10.4 Å². The standard InChI is InChI=1S/C27H26BrN3O3/c1-3-23-22(15-25(32)33)24(4-2)31(30-23)16-17-9-12-19(13-10-17)29-27(34)21-14-11-18-7-5-6-8-20(18)26(21)28/h5-14H,3-4,15-16H2,1-2H3,(H,29,34)(H,32,33). The van der Waals surface area contributed by atoms with Crippen LogP contribution in [-0.2, 0) is 30.6 Å². The highest BCUT2D eigenvalue weighted by molar-refractivity contribution is 9.10. The van der Waals surface area contributed by atoms with Crippen molar-refractivity contribution in [3.63, 3.8) is 0 Å². The van der Waals surface area contributed by atoms with Gasteiger partial charge in [0.15, 0.2) is 0 Å². The van der Waals surface area contributed by atoms with Crippen molar-refractivity contribution in [2.45, 2.75) is 39.7 Å². The maximum Gasteiger partial charge on any atom is 0.307 e. The van der Waals surface area contributed by atoms with Crippen LogP contribution in [0.3, 0.4) is 0 Å². The van der Waals surface area contributed by atoms with Gasteiger partial charge in [-0.05, 0) is 63.3 Å². The first-order valence-corrected chi connectivity index (χ1v) is 12.1. The fourth-order valence-corrected chi connectivity index (χ4v) is 4.90. The number of hydrogen-bond acceptors (Lipinski definition) is 3. The molecule has 0 aliphatic heterocycles. The highest BCUT2D eigenvalue weighted by Crippen LogP contribution is 2.28. The maximum atomic E-state index is 12.9. The molecule has 0 spiro atoms. The number of hydrogen-bond donors (Lipinski definition) is 2. The minimum Gasteiger partial charge on any atom is -0.481 e. The lowest BCUT2D eigenvalue weighted by Gasteiger charge is -2.11. The quantitative estimate of drug-likeness (QED) is 0.305. The maximum absolute atomic E-state index is 12.9. The van der Waals surface area contributed by atoms with E-state index in [1.54, 1.807) is 0 Å². The number of carboxylic acid groups (broad SMARTS) is 1. The molecule has 0 unspecified atom stereocenters. The third kappa shape index (κ3) is 4.89. The van der Waals surface area contributed by atoms with Crippen LogP contribution in [0.1, 0.15) is 46.7 Å². The second-order valence-electron chi connectivity index (χ2n) is 8.11. The Balaban J connectivity index is 1.51. The van der Waals surface area contributed by atoms with E-state index in [0.717, 1.165) is 37.8 Å². The molecule has 0 bridgehead atoms. The number of aryl methyl sites for hydroxylation is 1. The molecule has 6 nitrogen and oxygen atoms in total. The van der Waals surface area contributed by atoms with Gasteiger partial charge in [-0.2, -0.15) is 5.10 Å². The van der Waals surface area contributed by atoms with Gasteiger partial charge in [0.1, 0.15) is 0 Å². The fourth-order valence-electron chi connectivity index (χ4n) is 4.23. The topological polar surface area (TPSA) is 84.2 Å². The van der Waals surface area contributed by atoms with E-state index < -0.39 is 5.97 Å². The molecule has 0 saturated carbocycles. The van der Waals surface area contributed by atoms with Gasteiger partial charge in [0, 0.05) is 21.4 Å². The Kier molecular flexibility index (Phi) is 7.12. The molecule has 0 aliphatic carbocycles. The molecule has 1 heterocycles. The molecule has 1 amide bonds. The van der Waals surface area contributed by atoms with Crippen LogP contribution >= 0.6 is 15.9 Å². The van der Waals surface area contributed by atoms with E-state index in [1.807, 2.05) is 79.2 Å². The van der Waals surface area contributed by atoms with E-state index in [2.05, 4.69) is 26.3 Å². The monoisotopic (exact) mass is 519 g/mol. The van der Waals surface area contributed by atoms with E-state index in [9.17, 15) is 14.7 Å². The third-order valence-electron chi connectivity index (χ3n) is 5.90. The van der Waals surface area contributed by atoms with Crippen molar-refractivity contribution in [3.05, 3.63) is 93.2 Å². The second kappa shape index (κ2) is 10.2. The molecule has 3 aromatic carbocycles. The first-order valence-electron chi connectivity index (χ1n) is 11.3. The summed E-state index contributed by atoms with van der Waals surface area (Å²) in [6.45, 7) is 4.55. The Labute approximate surface area is 206 Å². The molecular formula is C27H26BrN3O3. The van der Waals surface area contributed by atoms with Gasteiger partial charge in [-0.25, -0.2) is 0 Å². The van der Waals surface area contributed by atoms with Crippen LogP contribution in [0.5, 0.6) is 0 Å². The lowest BCUT2D eigenvalue weighted by molar-refractivity contribution is -0.136. The first kappa shape index (κ1) is 23.7. The lowest BCUT2D eigenvalue weighted by atomic mass is 10.1. The van der Waals surface area contributed by atoms with Gasteiger partial charge in [-0.15, -0.1) is 0 Å². The number of aliphatic carboxylic acids is 1. The van der Waals surface area contributed by atoms with Gasteiger partial charge in [0.2, 0.25) is 0 Å². The SMILES string of the molecule is CCc1nn(Cc2ccc(NC(=O)c3ccc4ccccc4c3Br)cc2)c(CC)c1CC(=O)O. The van der Waals surface area contributed by atoms with Gasteiger partial charge in [-0.1, -0.05) is 56.3 Å². The van der Waals surface area contributed by atoms with E-state index in [-0.39, 0.29) is 12.3 Å². The van der Waals surface area contributed by atoms with Gasteiger partial charge in [0.25, 0.3) is 5.91 Å². The number of amides is 1. The Hall–Kier alpha value is -3.45. The van der Waals surface area contributed by atoms with Crippen LogP contribution in [0.15, 0.2) is 65.1 Å². The molecule has 7 heteroatoms. The summed E-state index contributed by atoms with van der Waals surface area (Å²) >= 11 is 3.58. The van der Waals surface area contributed by atoms with Crippen LogP contribution in [-0.4, -0.2) is 26.8 Å². The predicted molar refractivity (Wildman–Crippen MR) is 137 cm³/mol. The molecule has 0 radical (unpaired) electrons. The summed E-state index contributed by atoms with van der Waals surface area (Å²) in [5.41, 5.74) is 4.91. The third-order valence-corrected chi connectivity index (χ3v) is 6.75. The Bertz CT molecular complexity index is 1360. The largest absolute Gasteiger partial charge is 0.481 e. The van der Waals surface area contributed by atoms with Crippen LogP contribution in [0.2, 0.25) is 0 Å². The molecule has 0 atom stereocenters. The highest BCUT2D eigenvalue weighted by Gasteiger charge is 2.18.